The number of ketones is 1. The van der Waals surface area contributed by atoms with Gasteiger partial charge in [0.15, 0.2) is 5.78 Å². The van der Waals surface area contributed by atoms with Crippen molar-refractivity contribution in [1.82, 2.24) is 0 Å². The van der Waals surface area contributed by atoms with Crippen LogP contribution in [-0.4, -0.2) is 24.1 Å². The number of aliphatic hydroxyl groups excluding tert-OH is 1. The van der Waals surface area contributed by atoms with Gasteiger partial charge < -0.3 is 14.6 Å². The molecule has 4 nitrogen and oxygen atoms in total. The van der Waals surface area contributed by atoms with E-state index in [0.717, 1.165) is 11.3 Å². The first-order chi connectivity index (χ1) is 9.69. The van der Waals surface area contributed by atoms with E-state index in [4.69, 9.17) is 9.47 Å². The quantitative estimate of drug-likeness (QED) is 0.897. The van der Waals surface area contributed by atoms with Crippen molar-refractivity contribution in [3.8, 4) is 5.75 Å². The Morgan fingerprint density at radius 1 is 1.25 bits per heavy atom. The Balaban J connectivity index is 1.91. The molecular formula is C16H14O4. The molecule has 3 rings (SSSR count). The predicted octanol–water partition coefficient (Wildman–Crippen LogP) is 2.63. The number of allylic oxidation sites excluding steroid dienone is 2. The lowest BCUT2D eigenvalue weighted by atomic mass is 9.85. The molecule has 2 atom stereocenters. The van der Waals surface area contributed by atoms with Crippen molar-refractivity contribution >= 4 is 11.4 Å². The number of hydrogen-bond acceptors (Lipinski definition) is 4. The second-order valence-electron chi connectivity index (χ2n) is 4.70. The van der Waals surface area contributed by atoms with Gasteiger partial charge in [0.2, 0.25) is 0 Å². The fourth-order valence-electron chi connectivity index (χ4n) is 2.36. The van der Waals surface area contributed by atoms with Crippen molar-refractivity contribution in [3.05, 3.63) is 60.1 Å². The van der Waals surface area contributed by atoms with Crippen LogP contribution in [-0.2, 0) is 9.53 Å². The molecule has 0 saturated heterocycles. The van der Waals surface area contributed by atoms with Crippen LogP contribution in [0.4, 0.5) is 0 Å². The number of rotatable bonds is 2. The van der Waals surface area contributed by atoms with E-state index in [1.54, 1.807) is 31.4 Å². The number of benzene rings is 1. The zero-order valence-corrected chi connectivity index (χ0v) is 10.9. The molecular weight excluding hydrogens is 256 g/mol. The molecule has 1 aromatic carbocycles. The summed E-state index contributed by atoms with van der Waals surface area (Å²) in [5, 5.41) is 9.42. The van der Waals surface area contributed by atoms with E-state index < -0.39 is 6.10 Å². The maximum Gasteiger partial charge on any atom is 0.177 e. The van der Waals surface area contributed by atoms with Crippen molar-refractivity contribution in [3.63, 3.8) is 0 Å². The topological polar surface area (TPSA) is 55.8 Å². The van der Waals surface area contributed by atoms with Crippen molar-refractivity contribution < 1.29 is 19.4 Å². The van der Waals surface area contributed by atoms with Gasteiger partial charge in [-0.15, -0.1) is 0 Å². The molecule has 0 saturated carbocycles. The standard InChI is InChI=1S/C16H14O4/c1-19-12-5-2-10(3-6-12)14-9-20-15-8-11(17)4-7-13(15)16(14)18/h2-9,13,15,17H,1H3. The highest BCUT2D eigenvalue weighted by Crippen LogP contribution is 2.32. The van der Waals surface area contributed by atoms with Gasteiger partial charge in [0.25, 0.3) is 0 Å². The number of hydrogen-bond donors (Lipinski definition) is 1. The van der Waals surface area contributed by atoms with Crippen molar-refractivity contribution in [2.45, 2.75) is 6.10 Å². The maximum absolute atomic E-state index is 12.5. The minimum Gasteiger partial charge on any atom is -0.508 e. The summed E-state index contributed by atoms with van der Waals surface area (Å²) in [4.78, 5) is 12.5. The molecule has 4 heteroatoms. The molecule has 0 bridgehead atoms. The van der Waals surface area contributed by atoms with Crippen LogP contribution >= 0.6 is 0 Å². The third kappa shape index (κ3) is 2.09. The molecule has 1 aromatic rings. The molecule has 0 spiro atoms. The van der Waals surface area contributed by atoms with Gasteiger partial charge in [0.1, 0.15) is 17.6 Å². The number of carbonyl (C=O) groups excluding carboxylic acids is 1. The Morgan fingerprint density at radius 2 is 2.00 bits per heavy atom. The average molecular weight is 270 g/mol. The summed E-state index contributed by atoms with van der Waals surface area (Å²) in [6, 6.07) is 7.26. The molecule has 20 heavy (non-hydrogen) atoms. The minimum atomic E-state index is -0.422. The van der Waals surface area contributed by atoms with Crippen molar-refractivity contribution in [1.29, 1.82) is 0 Å². The van der Waals surface area contributed by atoms with Gasteiger partial charge in [-0.05, 0) is 29.8 Å². The molecule has 2 unspecified atom stereocenters. The van der Waals surface area contributed by atoms with Gasteiger partial charge in [-0.2, -0.15) is 0 Å². The third-order valence-corrected chi connectivity index (χ3v) is 3.48. The van der Waals surface area contributed by atoms with Crippen LogP contribution in [0, 0.1) is 5.92 Å². The Hall–Kier alpha value is -2.49. The number of fused-ring (bicyclic) bond motifs is 1. The largest absolute Gasteiger partial charge is 0.508 e. The summed E-state index contributed by atoms with van der Waals surface area (Å²) >= 11 is 0. The van der Waals surface area contributed by atoms with Crippen LogP contribution in [0.1, 0.15) is 5.56 Å². The highest BCUT2D eigenvalue weighted by molar-refractivity contribution is 6.22. The van der Waals surface area contributed by atoms with E-state index in [1.807, 2.05) is 12.1 Å². The zero-order valence-electron chi connectivity index (χ0n) is 10.9. The van der Waals surface area contributed by atoms with Gasteiger partial charge in [-0.25, -0.2) is 0 Å². The second kappa shape index (κ2) is 4.89. The van der Waals surface area contributed by atoms with Crippen molar-refractivity contribution in [2.75, 3.05) is 7.11 Å². The summed E-state index contributed by atoms with van der Waals surface area (Å²) in [5.41, 5.74) is 1.33. The Morgan fingerprint density at radius 3 is 2.70 bits per heavy atom. The molecule has 0 radical (unpaired) electrons. The van der Waals surface area contributed by atoms with Crippen LogP contribution < -0.4 is 4.74 Å². The highest BCUT2D eigenvalue weighted by Gasteiger charge is 2.34. The van der Waals surface area contributed by atoms with E-state index in [2.05, 4.69) is 0 Å². The summed E-state index contributed by atoms with van der Waals surface area (Å²) in [6.45, 7) is 0. The predicted molar refractivity (Wildman–Crippen MR) is 74.2 cm³/mol. The molecule has 102 valence electrons. The average Bonchev–Trinajstić information content (AvgIpc) is 2.48. The zero-order chi connectivity index (χ0) is 14.1. The van der Waals surface area contributed by atoms with E-state index in [1.165, 1.54) is 12.3 Å². The van der Waals surface area contributed by atoms with Crippen LogP contribution in [0.2, 0.25) is 0 Å². The summed E-state index contributed by atoms with van der Waals surface area (Å²) in [7, 11) is 1.60. The Bertz CT molecular complexity index is 622. The van der Waals surface area contributed by atoms with Crippen LogP contribution in [0.15, 0.2) is 54.5 Å². The fraction of sp³-hybridized carbons (Fsp3) is 0.188. The smallest absolute Gasteiger partial charge is 0.177 e. The molecule has 1 aliphatic heterocycles. The van der Waals surface area contributed by atoms with Crippen molar-refractivity contribution in [2.24, 2.45) is 5.92 Å². The number of methoxy groups -OCH3 is 1. The van der Waals surface area contributed by atoms with Gasteiger partial charge in [-0.3, -0.25) is 4.79 Å². The molecule has 0 amide bonds. The molecule has 1 N–H and O–H groups in total. The first-order valence-electron chi connectivity index (χ1n) is 6.32. The van der Waals surface area contributed by atoms with Gasteiger partial charge in [0.05, 0.1) is 24.9 Å². The number of Topliss-reactive ketones (excluding diaryl/α,β-unsaturated/α-hetero) is 1. The second-order valence-corrected chi connectivity index (χ2v) is 4.70. The first kappa shape index (κ1) is 12.5. The monoisotopic (exact) mass is 270 g/mol. The highest BCUT2D eigenvalue weighted by atomic mass is 16.5. The third-order valence-electron chi connectivity index (χ3n) is 3.48. The number of ether oxygens (including phenoxy) is 2. The lowest BCUT2D eigenvalue weighted by molar-refractivity contribution is -0.119. The summed E-state index contributed by atoms with van der Waals surface area (Å²) in [5.74, 6) is 0.474. The fourth-order valence-corrected chi connectivity index (χ4v) is 2.36. The Kier molecular flexibility index (Phi) is 3.06. The molecule has 0 fully saturated rings. The minimum absolute atomic E-state index is 0.00795. The molecule has 1 aliphatic carbocycles. The number of carbonyl (C=O) groups is 1. The van der Waals surface area contributed by atoms with E-state index in [0.29, 0.717) is 5.57 Å². The van der Waals surface area contributed by atoms with E-state index in [9.17, 15) is 9.90 Å². The van der Waals surface area contributed by atoms with E-state index in [-0.39, 0.29) is 17.5 Å². The SMILES string of the molecule is COc1ccc(C2=COC3C=C(O)C=CC3C2=O)cc1. The van der Waals surface area contributed by atoms with E-state index >= 15 is 0 Å². The van der Waals surface area contributed by atoms with Crippen LogP contribution in [0.5, 0.6) is 5.75 Å². The van der Waals surface area contributed by atoms with Gasteiger partial charge in [-0.1, -0.05) is 18.2 Å². The maximum atomic E-state index is 12.5. The van der Waals surface area contributed by atoms with Gasteiger partial charge >= 0.3 is 0 Å². The lowest BCUT2D eigenvalue weighted by Gasteiger charge is -2.28. The van der Waals surface area contributed by atoms with Crippen LogP contribution in [0.3, 0.4) is 0 Å². The van der Waals surface area contributed by atoms with Crippen LogP contribution in [0.25, 0.3) is 5.57 Å². The Labute approximate surface area is 116 Å². The normalized spacial score (nSPS) is 24.4. The first-order valence-corrected chi connectivity index (χ1v) is 6.32. The molecule has 0 aromatic heterocycles. The lowest BCUT2D eigenvalue weighted by Crippen LogP contribution is -2.33. The number of aliphatic hydroxyl groups is 1. The van der Waals surface area contributed by atoms with Gasteiger partial charge in [0, 0.05) is 0 Å². The molecule has 1 heterocycles. The summed E-state index contributed by atoms with van der Waals surface area (Å²) < 4.78 is 10.6. The summed E-state index contributed by atoms with van der Waals surface area (Å²) in [6.07, 6.45) is 5.80. The molecule has 2 aliphatic rings.